The van der Waals surface area contributed by atoms with E-state index in [9.17, 15) is 9.59 Å². The molecule has 0 bridgehead atoms. The van der Waals surface area contributed by atoms with Crippen LogP contribution in [0.25, 0.3) is 10.9 Å². The number of benzene rings is 2. The summed E-state index contributed by atoms with van der Waals surface area (Å²) in [4.78, 5) is 34.8. The fraction of sp³-hybridized carbons (Fsp3) is 0.385. The lowest BCUT2D eigenvalue weighted by Gasteiger charge is -2.36. The van der Waals surface area contributed by atoms with Crippen LogP contribution in [0.1, 0.15) is 24.1 Å². The van der Waals surface area contributed by atoms with Crippen LogP contribution in [0, 0.1) is 0 Å². The van der Waals surface area contributed by atoms with Crippen molar-refractivity contribution in [1.29, 1.82) is 0 Å². The summed E-state index contributed by atoms with van der Waals surface area (Å²) in [5.74, 6) is 0.153. The van der Waals surface area contributed by atoms with Crippen molar-refractivity contribution in [3.8, 4) is 0 Å². The third-order valence-corrected chi connectivity index (χ3v) is 7.05. The van der Waals surface area contributed by atoms with Gasteiger partial charge in [0.05, 0.1) is 6.54 Å². The zero-order chi connectivity index (χ0) is 23.5. The maximum atomic E-state index is 12.7. The molecule has 3 aromatic rings. The van der Waals surface area contributed by atoms with Crippen LogP contribution < -0.4 is 10.2 Å². The number of rotatable bonds is 5. The Morgan fingerprint density at radius 2 is 1.79 bits per heavy atom. The molecule has 0 aliphatic carbocycles. The second-order valence-corrected chi connectivity index (χ2v) is 9.42. The molecule has 7 nitrogen and oxygen atoms in total. The average molecular weight is 480 g/mol. The minimum absolute atomic E-state index is 0.0631. The highest BCUT2D eigenvalue weighted by Gasteiger charge is 2.24. The highest BCUT2D eigenvalue weighted by atomic mass is 35.5. The number of carbonyl (C=O) groups excluding carboxylic acids is 2. The second-order valence-electron chi connectivity index (χ2n) is 8.98. The molecule has 2 aliphatic rings. The molecular formula is C26H30ClN5O2. The molecule has 1 aromatic heterocycles. The Bertz CT molecular complexity index is 1180. The number of nitrogens with zero attached hydrogens (tertiary/aromatic N) is 3. The van der Waals surface area contributed by atoms with Crippen LogP contribution in [0.3, 0.4) is 0 Å². The Balaban J connectivity index is 1.03. The number of anilines is 1. The summed E-state index contributed by atoms with van der Waals surface area (Å²) < 4.78 is 0. The minimum Gasteiger partial charge on any atom is -0.368 e. The lowest BCUT2D eigenvalue weighted by molar-refractivity contribution is -0.131. The zero-order valence-corrected chi connectivity index (χ0v) is 20.0. The molecule has 2 aromatic carbocycles. The summed E-state index contributed by atoms with van der Waals surface area (Å²) in [6.45, 7) is 4.81. The number of amides is 3. The van der Waals surface area contributed by atoms with Gasteiger partial charge in [0, 0.05) is 73.0 Å². The molecule has 0 atom stereocenters. The van der Waals surface area contributed by atoms with E-state index in [2.05, 4.69) is 33.4 Å². The molecule has 8 heteroatoms. The largest absolute Gasteiger partial charge is 0.368 e. The highest BCUT2D eigenvalue weighted by molar-refractivity contribution is 6.30. The lowest BCUT2D eigenvalue weighted by Crippen LogP contribution is -2.49. The van der Waals surface area contributed by atoms with E-state index in [1.54, 1.807) is 0 Å². The number of carbonyl (C=O) groups is 2. The molecule has 0 spiro atoms. The summed E-state index contributed by atoms with van der Waals surface area (Å²) in [5.41, 5.74) is 4.66. The predicted octanol–water partition coefficient (Wildman–Crippen LogP) is 4.02. The molecule has 2 N–H and O–H groups in total. The third kappa shape index (κ3) is 4.85. The number of aromatic amines is 1. The van der Waals surface area contributed by atoms with Crippen molar-refractivity contribution in [1.82, 2.24) is 20.1 Å². The number of fused-ring (bicyclic) bond motifs is 3. The monoisotopic (exact) mass is 479 g/mol. The smallest absolute Gasteiger partial charge is 0.317 e. The quantitative estimate of drug-likeness (QED) is 0.543. The summed E-state index contributed by atoms with van der Waals surface area (Å²) in [7, 11) is 0. The van der Waals surface area contributed by atoms with E-state index in [0.29, 0.717) is 45.6 Å². The van der Waals surface area contributed by atoms with Gasteiger partial charge >= 0.3 is 6.03 Å². The van der Waals surface area contributed by atoms with Crippen LogP contribution in [0.15, 0.2) is 48.5 Å². The molecule has 2 aliphatic heterocycles. The van der Waals surface area contributed by atoms with Crippen LogP contribution in [0.4, 0.5) is 10.5 Å². The number of para-hydroxylation sites is 1. The van der Waals surface area contributed by atoms with Crippen LogP contribution in [-0.2, 0) is 17.8 Å². The Kier molecular flexibility index (Phi) is 6.63. The molecule has 1 saturated heterocycles. The van der Waals surface area contributed by atoms with Gasteiger partial charge in [-0.25, -0.2) is 4.79 Å². The Hall–Kier alpha value is -3.19. The van der Waals surface area contributed by atoms with Crippen molar-refractivity contribution in [3.05, 3.63) is 64.8 Å². The first-order chi connectivity index (χ1) is 16.6. The van der Waals surface area contributed by atoms with E-state index in [1.165, 1.54) is 10.9 Å². The van der Waals surface area contributed by atoms with Gasteiger partial charge in [0.2, 0.25) is 5.91 Å². The van der Waals surface area contributed by atoms with Gasteiger partial charge < -0.3 is 25.0 Å². The number of halogens is 1. The van der Waals surface area contributed by atoms with Gasteiger partial charge in [0.1, 0.15) is 0 Å². The molecular weight excluding hydrogens is 450 g/mol. The Labute approximate surface area is 204 Å². The molecule has 0 saturated carbocycles. The standard InChI is InChI=1S/C26H30ClN5O2/c27-19-5-3-6-20(17-19)30-13-15-31(16-14-30)25(33)9-4-11-28-26(34)32-12-10-22-21-7-1-2-8-23(21)29-24(22)18-32/h1-3,5-8,17,29H,4,9-16,18H2,(H,28,34). The van der Waals surface area contributed by atoms with Crippen molar-refractivity contribution in [2.24, 2.45) is 0 Å². The number of hydrogen-bond acceptors (Lipinski definition) is 3. The Morgan fingerprint density at radius 3 is 2.62 bits per heavy atom. The fourth-order valence-corrected chi connectivity index (χ4v) is 5.14. The Morgan fingerprint density at radius 1 is 0.971 bits per heavy atom. The summed E-state index contributed by atoms with van der Waals surface area (Å²) >= 11 is 6.10. The SMILES string of the molecule is O=C(CCCNC(=O)N1CCc2c([nH]c3ccccc23)C1)N1CCN(c2cccc(Cl)c2)CC1. The summed E-state index contributed by atoms with van der Waals surface area (Å²) in [6, 6.07) is 16.1. The van der Waals surface area contributed by atoms with Crippen LogP contribution in [0.5, 0.6) is 0 Å². The van der Waals surface area contributed by atoms with E-state index in [-0.39, 0.29) is 11.9 Å². The molecule has 34 heavy (non-hydrogen) atoms. The van der Waals surface area contributed by atoms with Crippen molar-refractivity contribution in [3.63, 3.8) is 0 Å². The topological polar surface area (TPSA) is 71.7 Å². The first kappa shape index (κ1) is 22.6. The second kappa shape index (κ2) is 9.97. The molecule has 0 radical (unpaired) electrons. The lowest BCUT2D eigenvalue weighted by atomic mass is 10.0. The van der Waals surface area contributed by atoms with Gasteiger partial charge in [-0.05, 0) is 42.7 Å². The van der Waals surface area contributed by atoms with Crippen LogP contribution in [-0.4, -0.2) is 66.0 Å². The van der Waals surface area contributed by atoms with E-state index in [0.717, 1.165) is 41.4 Å². The maximum absolute atomic E-state index is 12.7. The number of hydrogen-bond donors (Lipinski definition) is 2. The molecule has 5 rings (SSSR count). The predicted molar refractivity (Wildman–Crippen MR) is 135 cm³/mol. The molecule has 0 unspecified atom stereocenters. The van der Waals surface area contributed by atoms with Crippen molar-refractivity contribution >= 4 is 40.1 Å². The van der Waals surface area contributed by atoms with Crippen LogP contribution in [0.2, 0.25) is 5.02 Å². The van der Waals surface area contributed by atoms with Gasteiger partial charge in [0.25, 0.3) is 0 Å². The number of H-pyrrole nitrogens is 1. The van der Waals surface area contributed by atoms with Gasteiger partial charge in [-0.15, -0.1) is 0 Å². The molecule has 1 fully saturated rings. The van der Waals surface area contributed by atoms with Crippen LogP contribution >= 0.6 is 11.6 Å². The number of nitrogens with one attached hydrogen (secondary N) is 2. The van der Waals surface area contributed by atoms with Gasteiger partial charge in [-0.2, -0.15) is 0 Å². The molecule has 3 heterocycles. The van der Waals surface area contributed by atoms with E-state index >= 15 is 0 Å². The average Bonchev–Trinajstić information content (AvgIpc) is 3.24. The summed E-state index contributed by atoms with van der Waals surface area (Å²) in [6.07, 6.45) is 1.95. The first-order valence-corrected chi connectivity index (χ1v) is 12.4. The van der Waals surface area contributed by atoms with Crippen molar-refractivity contribution in [2.45, 2.75) is 25.8 Å². The maximum Gasteiger partial charge on any atom is 0.317 e. The number of aromatic nitrogens is 1. The minimum atomic E-state index is -0.0631. The number of piperazine rings is 1. The van der Waals surface area contributed by atoms with Gasteiger partial charge in [-0.3, -0.25) is 4.79 Å². The van der Waals surface area contributed by atoms with E-state index in [1.807, 2.05) is 40.1 Å². The fourth-order valence-electron chi connectivity index (χ4n) is 4.96. The van der Waals surface area contributed by atoms with Crippen molar-refractivity contribution < 1.29 is 9.59 Å². The van der Waals surface area contributed by atoms with E-state index < -0.39 is 0 Å². The molecule has 178 valence electrons. The molecule has 3 amide bonds. The highest BCUT2D eigenvalue weighted by Crippen LogP contribution is 2.27. The third-order valence-electron chi connectivity index (χ3n) is 6.82. The van der Waals surface area contributed by atoms with Gasteiger partial charge in [0.15, 0.2) is 0 Å². The normalized spacial score (nSPS) is 16.0. The van der Waals surface area contributed by atoms with E-state index in [4.69, 9.17) is 11.6 Å². The van der Waals surface area contributed by atoms with Crippen molar-refractivity contribution in [2.75, 3.05) is 44.2 Å². The van der Waals surface area contributed by atoms with Gasteiger partial charge in [-0.1, -0.05) is 35.9 Å². The number of urea groups is 1. The summed E-state index contributed by atoms with van der Waals surface area (Å²) in [5, 5.41) is 4.97. The first-order valence-electron chi connectivity index (χ1n) is 12.0. The zero-order valence-electron chi connectivity index (χ0n) is 19.2.